The molecule has 0 aliphatic heterocycles. The minimum absolute atomic E-state index is 0.143. The zero-order valence-corrected chi connectivity index (χ0v) is 15.1. The first-order valence-electron chi connectivity index (χ1n) is 8.71. The fraction of sp³-hybridized carbons (Fsp3) is 0.333. The van der Waals surface area contributed by atoms with Crippen molar-refractivity contribution in [1.82, 2.24) is 5.32 Å². The van der Waals surface area contributed by atoms with E-state index < -0.39 is 5.82 Å². The van der Waals surface area contributed by atoms with Crippen molar-refractivity contribution in [3.8, 4) is 5.75 Å². The summed E-state index contributed by atoms with van der Waals surface area (Å²) in [4.78, 5) is 24.4. The van der Waals surface area contributed by atoms with E-state index in [4.69, 9.17) is 4.74 Å². The van der Waals surface area contributed by atoms with E-state index in [1.807, 2.05) is 45.0 Å². The van der Waals surface area contributed by atoms with Crippen molar-refractivity contribution in [2.24, 2.45) is 0 Å². The quantitative estimate of drug-likeness (QED) is 0.879. The van der Waals surface area contributed by atoms with Crippen LogP contribution in [0.1, 0.15) is 59.3 Å². The highest BCUT2D eigenvalue weighted by molar-refractivity contribution is 6.03. The summed E-state index contributed by atoms with van der Waals surface area (Å²) in [5.74, 6) is -0.735. The van der Waals surface area contributed by atoms with Crippen molar-refractivity contribution in [2.75, 3.05) is 6.61 Å². The maximum absolute atomic E-state index is 14.0. The van der Waals surface area contributed by atoms with Crippen LogP contribution in [-0.4, -0.2) is 18.3 Å². The highest BCUT2D eigenvalue weighted by atomic mass is 19.1. The molecule has 0 saturated carbocycles. The summed E-state index contributed by atoms with van der Waals surface area (Å²) < 4.78 is 19.6. The van der Waals surface area contributed by atoms with Crippen LogP contribution in [0, 0.1) is 12.7 Å². The Morgan fingerprint density at radius 1 is 1.31 bits per heavy atom. The smallest absolute Gasteiger partial charge is 0.258 e. The molecule has 0 spiro atoms. The van der Waals surface area contributed by atoms with Gasteiger partial charge in [0, 0.05) is 12.0 Å². The SMILES string of the molecule is Cc1ccccc1[C@@H](C)NC(=O)COc1ccc(F)c2c1C(=O)C[C@@H]2C. The molecule has 1 N–H and O–H groups in total. The van der Waals surface area contributed by atoms with Crippen LogP contribution in [0.15, 0.2) is 36.4 Å². The average molecular weight is 355 g/mol. The molecular formula is C21H22FNO3. The van der Waals surface area contributed by atoms with E-state index in [-0.39, 0.29) is 48.0 Å². The van der Waals surface area contributed by atoms with Gasteiger partial charge in [0.25, 0.3) is 5.91 Å². The lowest BCUT2D eigenvalue weighted by molar-refractivity contribution is -0.123. The van der Waals surface area contributed by atoms with Gasteiger partial charge in [0.1, 0.15) is 11.6 Å². The molecule has 3 rings (SSSR count). The molecule has 0 fully saturated rings. The first-order valence-corrected chi connectivity index (χ1v) is 8.71. The summed E-state index contributed by atoms with van der Waals surface area (Å²) in [6, 6.07) is 10.4. The van der Waals surface area contributed by atoms with Crippen LogP contribution < -0.4 is 10.1 Å². The number of carbonyl (C=O) groups excluding carboxylic acids is 2. The Hall–Kier alpha value is -2.69. The molecule has 0 saturated heterocycles. The van der Waals surface area contributed by atoms with Crippen LogP contribution in [0.3, 0.4) is 0 Å². The van der Waals surface area contributed by atoms with Crippen LogP contribution in [0.2, 0.25) is 0 Å². The largest absolute Gasteiger partial charge is 0.483 e. The van der Waals surface area contributed by atoms with Gasteiger partial charge < -0.3 is 10.1 Å². The van der Waals surface area contributed by atoms with Gasteiger partial charge in [0.05, 0.1) is 11.6 Å². The predicted molar refractivity (Wildman–Crippen MR) is 97.0 cm³/mol. The minimum Gasteiger partial charge on any atom is -0.483 e. The molecule has 0 heterocycles. The number of benzene rings is 2. The molecule has 5 heteroatoms. The molecule has 2 aromatic carbocycles. The molecule has 26 heavy (non-hydrogen) atoms. The van der Waals surface area contributed by atoms with Gasteiger partial charge >= 0.3 is 0 Å². The highest BCUT2D eigenvalue weighted by Gasteiger charge is 2.32. The van der Waals surface area contributed by atoms with Gasteiger partial charge in [-0.1, -0.05) is 31.2 Å². The molecule has 2 atom stereocenters. The van der Waals surface area contributed by atoms with Gasteiger partial charge in [-0.15, -0.1) is 0 Å². The fourth-order valence-corrected chi connectivity index (χ4v) is 3.52. The average Bonchev–Trinajstić information content (AvgIpc) is 2.90. The summed E-state index contributed by atoms with van der Waals surface area (Å²) in [6.07, 6.45) is 0.267. The number of fused-ring (bicyclic) bond motifs is 1. The highest BCUT2D eigenvalue weighted by Crippen LogP contribution is 2.39. The zero-order valence-electron chi connectivity index (χ0n) is 15.1. The zero-order chi connectivity index (χ0) is 18.8. The van der Waals surface area contributed by atoms with Gasteiger partial charge in [0.2, 0.25) is 0 Å². The van der Waals surface area contributed by atoms with Crippen LogP contribution in [0.4, 0.5) is 4.39 Å². The Morgan fingerprint density at radius 3 is 2.77 bits per heavy atom. The van der Waals surface area contributed by atoms with Gasteiger partial charge in [0.15, 0.2) is 12.4 Å². The van der Waals surface area contributed by atoms with Gasteiger partial charge in [-0.2, -0.15) is 0 Å². The maximum Gasteiger partial charge on any atom is 0.258 e. The number of halogens is 1. The Labute approximate surface area is 152 Å². The lowest BCUT2D eigenvalue weighted by Gasteiger charge is -2.17. The van der Waals surface area contributed by atoms with E-state index in [9.17, 15) is 14.0 Å². The maximum atomic E-state index is 14.0. The lowest BCUT2D eigenvalue weighted by atomic mass is 10.0. The van der Waals surface area contributed by atoms with Gasteiger partial charge in [-0.3, -0.25) is 9.59 Å². The first kappa shape index (κ1) is 18.1. The number of ketones is 1. The van der Waals surface area contributed by atoms with Crippen LogP contribution in [0.5, 0.6) is 5.75 Å². The number of hydrogen-bond acceptors (Lipinski definition) is 3. The van der Waals surface area contributed by atoms with Crippen molar-refractivity contribution in [1.29, 1.82) is 0 Å². The molecule has 0 bridgehead atoms. The van der Waals surface area contributed by atoms with Crippen molar-refractivity contribution in [2.45, 2.75) is 39.2 Å². The molecule has 0 radical (unpaired) electrons. The summed E-state index contributed by atoms with van der Waals surface area (Å²) in [5, 5.41) is 2.88. The van der Waals surface area contributed by atoms with Gasteiger partial charge in [-0.25, -0.2) is 4.39 Å². The van der Waals surface area contributed by atoms with Crippen molar-refractivity contribution in [3.05, 3.63) is 64.5 Å². The van der Waals surface area contributed by atoms with E-state index in [2.05, 4.69) is 5.32 Å². The van der Waals surface area contributed by atoms with Crippen molar-refractivity contribution >= 4 is 11.7 Å². The standard InChI is InChI=1S/C21H22FNO3/c1-12-6-4-5-7-15(12)14(3)23-19(25)11-26-18-9-8-16(22)20-13(2)10-17(24)21(18)20/h4-9,13-14H,10-11H2,1-3H3,(H,23,25)/t13-,14+/m0/s1. The monoisotopic (exact) mass is 355 g/mol. The van der Waals surface area contributed by atoms with E-state index in [1.165, 1.54) is 12.1 Å². The fourth-order valence-electron chi connectivity index (χ4n) is 3.52. The lowest BCUT2D eigenvalue weighted by Crippen LogP contribution is -2.31. The number of ether oxygens (including phenoxy) is 1. The molecule has 4 nitrogen and oxygen atoms in total. The third kappa shape index (κ3) is 3.47. The molecule has 136 valence electrons. The molecule has 0 aromatic heterocycles. The molecule has 2 aromatic rings. The number of carbonyl (C=O) groups is 2. The topological polar surface area (TPSA) is 55.4 Å². The van der Waals surface area contributed by atoms with E-state index in [0.29, 0.717) is 5.56 Å². The second-order valence-corrected chi connectivity index (χ2v) is 6.80. The second-order valence-electron chi connectivity index (χ2n) is 6.80. The van der Waals surface area contributed by atoms with E-state index >= 15 is 0 Å². The number of hydrogen-bond donors (Lipinski definition) is 1. The molecule has 1 aliphatic carbocycles. The third-order valence-electron chi connectivity index (χ3n) is 4.81. The van der Waals surface area contributed by atoms with Crippen LogP contribution in [0.25, 0.3) is 0 Å². The number of amides is 1. The van der Waals surface area contributed by atoms with Crippen LogP contribution >= 0.6 is 0 Å². The Morgan fingerprint density at radius 2 is 2.04 bits per heavy atom. The van der Waals surface area contributed by atoms with E-state index in [0.717, 1.165) is 11.1 Å². The minimum atomic E-state index is -0.400. The van der Waals surface area contributed by atoms with Crippen LogP contribution in [-0.2, 0) is 4.79 Å². The van der Waals surface area contributed by atoms with Crippen molar-refractivity contribution < 1.29 is 18.7 Å². The molecule has 1 amide bonds. The summed E-state index contributed by atoms with van der Waals surface area (Å²) >= 11 is 0. The first-order chi connectivity index (χ1) is 12.4. The second kappa shape index (κ2) is 7.28. The third-order valence-corrected chi connectivity index (χ3v) is 4.81. The number of aryl methyl sites for hydroxylation is 1. The molecule has 1 aliphatic rings. The Kier molecular flexibility index (Phi) is 5.07. The normalized spacial score (nSPS) is 16.9. The molecule has 0 unspecified atom stereocenters. The van der Waals surface area contributed by atoms with E-state index in [1.54, 1.807) is 0 Å². The number of nitrogens with one attached hydrogen (secondary N) is 1. The van der Waals surface area contributed by atoms with Crippen molar-refractivity contribution in [3.63, 3.8) is 0 Å². The summed E-state index contributed by atoms with van der Waals surface area (Å²) in [6.45, 7) is 5.48. The summed E-state index contributed by atoms with van der Waals surface area (Å²) in [7, 11) is 0. The predicted octanol–water partition coefficient (Wildman–Crippen LogP) is 4.08. The Bertz CT molecular complexity index is 862. The number of rotatable bonds is 5. The number of Topliss-reactive ketones (excluding diaryl/α,β-unsaturated/α-hetero) is 1. The van der Waals surface area contributed by atoms with Gasteiger partial charge in [-0.05, 0) is 43.0 Å². The molecular weight excluding hydrogens is 333 g/mol. The summed E-state index contributed by atoms with van der Waals surface area (Å²) in [5.41, 5.74) is 2.79. The Balaban J connectivity index is 1.68.